The Bertz CT molecular complexity index is 862. The molecule has 1 unspecified atom stereocenters. The van der Waals surface area contributed by atoms with Crippen LogP contribution in [0.4, 0.5) is 0 Å². The van der Waals surface area contributed by atoms with Crippen LogP contribution in [0.1, 0.15) is 6.92 Å². The molecule has 0 radical (unpaired) electrons. The number of fused-ring (bicyclic) bond motifs is 1. The molecular formula is C13H16N4O5S2. The van der Waals surface area contributed by atoms with Crippen LogP contribution in [-0.4, -0.2) is 60.7 Å². The lowest BCUT2D eigenvalue weighted by Gasteiger charge is -2.15. The highest BCUT2D eigenvalue weighted by molar-refractivity contribution is 7.89. The molecule has 11 heteroatoms. The third-order valence-electron chi connectivity index (χ3n) is 3.06. The lowest BCUT2D eigenvalue weighted by molar-refractivity contribution is -0.152. The van der Waals surface area contributed by atoms with E-state index in [0.29, 0.717) is 5.52 Å². The van der Waals surface area contributed by atoms with Crippen LogP contribution in [0, 0.1) is 0 Å². The average molecular weight is 372 g/mol. The van der Waals surface area contributed by atoms with E-state index in [9.17, 15) is 18.0 Å². The van der Waals surface area contributed by atoms with Crippen molar-refractivity contribution in [1.82, 2.24) is 18.4 Å². The molecule has 1 aromatic heterocycles. The Labute approximate surface area is 143 Å². The number of sulfonamides is 1. The molecule has 0 aliphatic carbocycles. The number of ether oxygens (including phenoxy) is 1. The standard InChI is InChI=1S/C13H16N4O5S2/c1-8(13(19)22-7-11(18)17(2)3)16-24(20,21)10-6-4-5-9-12(10)15-23-14-9/h4-6,8,16H,7H2,1-3H3. The number of hydrogen-bond donors (Lipinski definition) is 1. The molecule has 130 valence electrons. The summed E-state index contributed by atoms with van der Waals surface area (Å²) in [5.41, 5.74) is 0.688. The Balaban J connectivity index is 2.10. The smallest absolute Gasteiger partial charge is 0.324 e. The minimum absolute atomic E-state index is 0.0715. The zero-order valence-electron chi connectivity index (χ0n) is 13.2. The maximum Gasteiger partial charge on any atom is 0.324 e. The van der Waals surface area contributed by atoms with Crippen LogP contribution in [0.15, 0.2) is 23.1 Å². The average Bonchev–Trinajstić information content (AvgIpc) is 2.99. The van der Waals surface area contributed by atoms with Crippen molar-refractivity contribution in [3.05, 3.63) is 18.2 Å². The minimum atomic E-state index is -4.00. The topological polar surface area (TPSA) is 119 Å². The number of likely N-dealkylation sites (N-methyl/N-ethyl adjacent to an activating group) is 1. The van der Waals surface area contributed by atoms with Crippen LogP contribution in [0.2, 0.25) is 0 Å². The van der Waals surface area contributed by atoms with E-state index in [-0.39, 0.29) is 10.4 Å². The molecule has 0 saturated heterocycles. The highest BCUT2D eigenvalue weighted by Gasteiger charge is 2.26. The number of nitrogens with one attached hydrogen (secondary N) is 1. The summed E-state index contributed by atoms with van der Waals surface area (Å²) in [4.78, 5) is 24.4. The first kappa shape index (κ1) is 18.2. The Morgan fingerprint density at radius 3 is 2.71 bits per heavy atom. The van der Waals surface area contributed by atoms with Gasteiger partial charge in [-0.25, -0.2) is 8.42 Å². The molecule has 1 heterocycles. The fourth-order valence-electron chi connectivity index (χ4n) is 1.73. The zero-order chi connectivity index (χ0) is 17.9. The summed E-state index contributed by atoms with van der Waals surface area (Å²) in [7, 11) is -0.961. The molecule has 9 nitrogen and oxygen atoms in total. The van der Waals surface area contributed by atoms with E-state index in [2.05, 4.69) is 13.5 Å². The normalized spacial score (nSPS) is 12.8. The first-order valence-electron chi connectivity index (χ1n) is 6.83. The molecule has 0 spiro atoms. The highest BCUT2D eigenvalue weighted by atomic mass is 32.2. The number of aromatic nitrogens is 2. The summed E-state index contributed by atoms with van der Waals surface area (Å²) in [5, 5.41) is 0. The van der Waals surface area contributed by atoms with Gasteiger partial charge in [0.1, 0.15) is 22.0 Å². The summed E-state index contributed by atoms with van der Waals surface area (Å²) in [5.74, 6) is -1.26. The van der Waals surface area contributed by atoms with Gasteiger partial charge in [0.2, 0.25) is 10.0 Å². The molecule has 1 N–H and O–H groups in total. The molecule has 0 aliphatic rings. The Kier molecular flexibility index (Phi) is 5.47. The second-order valence-electron chi connectivity index (χ2n) is 5.13. The molecule has 24 heavy (non-hydrogen) atoms. The van der Waals surface area contributed by atoms with Crippen LogP contribution in [0.25, 0.3) is 11.0 Å². The molecular weight excluding hydrogens is 356 g/mol. The maximum atomic E-state index is 12.4. The van der Waals surface area contributed by atoms with Gasteiger partial charge in [-0.2, -0.15) is 13.5 Å². The van der Waals surface area contributed by atoms with Crippen molar-refractivity contribution in [2.75, 3.05) is 20.7 Å². The summed E-state index contributed by atoms with van der Waals surface area (Å²) >= 11 is 0.896. The zero-order valence-corrected chi connectivity index (χ0v) is 14.8. The number of esters is 1. The molecule has 0 bridgehead atoms. The molecule has 0 fully saturated rings. The van der Waals surface area contributed by atoms with E-state index >= 15 is 0 Å². The van der Waals surface area contributed by atoms with Gasteiger partial charge < -0.3 is 9.64 Å². The fourth-order valence-corrected chi connectivity index (χ4v) is 3.69. The maximum absolute atomic E-state index is 12.4. The SMILES string of the molecule is CC(NS(=O)(=O)c1cccc2nsnc12)C(=O)OCC(=O)N(C)C. The third-order valence-corrected chi connectivity index (χ3v) is 5.18. The number of carbonyl (C=O) groups excluding carboxylic acids is 2. The van der Waals surface area contributed by atoms with Crippen LogP contribution in [-0.2, 0) is 24.3 Å². The number of amides is 1. The second kappa shape index (κ2) is 7.20. The summed E-state index contributed by atoms with van der Waals surface area (Å²) in [6.07, 6.45) is 0. The van der Waals surface area contributed by atoms with E-state index in [4.69, 9.17) is 4.74 Å². The van der Waals surface area contributed by atoms with Gasteiger partial charge in [0.25, 0.3) is 5.91 Å². The first-order chi connectivity index (χ1) is 11.2. The van der Waals surface area contributed by atoms with Gasteiger partial charge in [-0.1, -0.05) is 6.07 Å². The van der Waals surface area contributed by atoms with E-state index in [1.807, 2.05) is 0 Å². The molecule has 2 aromatic rings. The quantitative estimate of drug-likeness (QED) is 0.708. The molecule has 1 amide bonds. The summed E-state index contributed by atoms with van der Waals surface area (Å²) in [6.45, 7) is 0.878. The molecule has 2 rings (SSSR count). The van der Waals surface area contributed by atoms with E-state index in [1.54, 1.807) is 6.07 Å². The Morgan fingerprint density at radius 1 is 1.33 bits per heavy atom. The number of nitrogens with zero attached hydrogens (tertiary/aromatic N) is 3. The predicted octanol–water partition coefficient (Wildman–Crippen LogP) is -0.0105. The molecule has 1 aromatic carbocycles. The van der Waals surface area contributed by atoms with Crippen LogP contribution < -0.4 is 4.72 Å². The summed E-state index contributed by atoms with van der Waals surface area (Å²) < 4.78 is 39.8. The number of carbonyl (C=O) groups is 2. The highest BCUT2D eigenvalue weighted by Crippen LogP contribution is 2.21. The van der Waals surface area contributed by atoms with Gasteiger partial charge in [-0.15, -0.1) is 0 Å². The Hall–Kier alpha value is -2.11. The van der Waals surface area contributed by atoms with Gasteiger partial charge in [0, 0.05) is 14.1 Å². The van der Waals surface area contributed by atoms with E-state index < -0.39 is 34.5 Å². The van der Waals surface area contributed by atoms with Gasteiger partial charge in [0.05, 0.1) is 11.7 Å². The lowest BCUT2D eigenvalue weighted by atomic mass is 10.3. The van der Waals surface area contributed by atoms with Crippen molar-refractivity contribution in [2.24, 2.45) is 0 Å². The minimum Gasteiger partial charge on any atom is -0.454 e. The largest absolute Gasteiger partial charge is 0.454 e. The molecule has 0 saturated carbocycles. The van der Waals surface area contributed by atoms with Gasteiger partial charge >= 0.3 is 5.97 Å². The Morgan fingerprint density at radius 2 is 2.04 bits per heavy atom. The van der Waals surface area contributed by atoms with Crippen molar-refractivity contribution in [1.29, 1.82) is 0 Å². The van der Waals surface area contributed by atoms with Gasteiger partial charge in [0.15, 0.2) is 6.61 Å². The van der Waals surface area contributed by atoms with Crippen molar-refractivity contribution < 1.29 is 22.7 Å². The van der Waals surface area contributed by atoms with E-state index in [1.165, 1.54) is 38.1 Å². The monoisotopic (exact) mass is 372 g/mol. The van der Waals surface area contributed by atoms with Gasteiger partial charge in [-0.05, 0) is 19.1 Å². The van der Waals surface area contributed by atoms with Crippen molar-refractivity contribution in [3.63, 3.8) is 0 Å². The predicted molar refractivity (Wildman–Crippen MR) is 86.9 cm³/mol. The number of hydrogen-bond acceptors (Lipinski definition) is 8. The van der Waals surface area contributed by atoms with Crippen LogP contribution in [0.3, 0.4) is 0 Å². The number of benzene rings is 1. The molecule has 0 aliphatic heterocycles. The summed E-state index contributed by atoms with van der Waals surface area (Å²) in [6, 6.07) is 3.39. The number of rotatable bonds is 6. The lowest BCUT2D eigenvalue weighted by Crippen LogP contribution is -2.40. The van der Waals surface area contributed by atoms with Crippen LogP contribution >= 0.6 is 11.7 Å². The fraction of sp³-hybridized carbons (Fsp3) is 0.385. The van der Waals surface area contributed by atoms with E-state index in [0.717, 1.165) is 11.7 Å². The second-order valence-corrected chi connectivity index (χ2v) is 7.34. The van der Waals surface area contributed by atoms with Gasteiger partial charge in [-0.3, -0.25) is 9.59 Å². The van der Waals surface area contributed by atoms with Crippen molar-refractivity contribution in [2.45, 2.75) is 17.9 Å². The third kappa shape index (κ3) is 4.04. The first-order valence-corrected chi connectivity index (χ1v) is 9.04. The van der Waals surface area contributed by atoms with Crippen LogP contribution in [0.5, 0.6) is 0 Å². The van der Waals surface area contributed by atoms with Crippen molar-refractivity contribution in [3.8, 4) is 0 Å². The molecule has 1 atom stereocenters. The van der Waals surface area contributed by atoms with Crippen molar-refractivity contribution >= 4 is 44.7 Å².